The maximum Gasteiger partial charge on any atom is 0.260 e. The van der Waals surface area contributed by atoms with E-state index in [-0.39, 0.29) is 5.91 Å². The Balaban J connectivity index is 1.73. The fourth-order valence-electron chi connectivity index (χ4n) is 2.10. The molecule has 1 atom stereocenters. The highest BCUT2D eigenvalue weighted by Gasteiger charge is 2.13. The molecule has 0 aliphatic rings. The van der Waals surface area contributed by atoms with E-state index in [4.69, 9.17) is 9.47 Å². The Morgan fingerprint density at radius 3 is 2.61 bits per heavy atom. The van der Waals surface area contributed by atoms with Crippen molar-refractivity contribution in [1.82, 2.24) is 5.32 Å². The Hall–Kier alpha value is -2.49. The number of amides is 1. The quantitative estimate of drug-likeness (QED) is 0.798. The summed E-state index contributed by atoms with van der Waals surface area (Å²) in [5.74, 6) is 1.38. The second-order valence-electron chi connectivity index (χ2n) is 5.48. The fraction of sp³-hybridized carbons (Fsp3) is 0.316. The molecule has 0 spiro atoms. The van der Waals surface area contributed by atoms with Crippen LogP contribution >= 0.6 is 0 Å². The van der Waals surface area contributed by atoms with Crippen LogP contribution in [0.15, 0.2) is 48.5 Å². The predicted molar refractivity (Wildman–Crippen MR) is 91.0 cm³/mol. The van der Waals surface area contributed by atoms with Gasteiger partial charge in [-0.15, -0.1) is 0 Å². The van der Waals surface area contributed by atoms with E-state index < -0.39 is 6.10 Å². The summed E-state index contributed by atoms with van der Waals surface area (Å²) < 4.78 is 11.3. The number of carbonyl (C=O) groups is 1. The molecule has 1 N–H and O–H groups in total. The summed E-state index contributed by atoms with van der Waals surface area (Å²) in [6, 6.07) is 15.4. The summed E-state index contributed by atoms with van der Waals surface area (Å²) in [6.07, 6.45) is -0.543. The van der Waals surface area contributed by atoms with E-state index in [0.717, 1.165) is 16.9 Å². The number of hydrogen-bond acceptors (Lipinski definition) is 3. The van der Waals surface area contributed by atoms with Crippen LogP contribution in [0, 0.1) is 13.8 Å². The molecule has 0 aliphatic carbocycles. The number of ether oxygens (including phenoxy) is 2. The Labute approximate surface area is 137 Å². The maximum absolute atomic E-state index is 12.0. The van der Waals surface area contributed by atoms with Gasteiger partial charge >= 0.3 is 0 Å². The molecular weight excluding hydrogens is 290 g/mol. The largest absolute Gasteiger partial charge is 0.491 e. The first-order chi connectivity index (χ1) is 11.1. The Bertz CT molecular complexity index is 640. The second-order valence-corrected chi connectivity index (χ2v) is 5.48. The highest BCUT2D eigenvalue weighted by Crippen LogP contribution is 2.18. The lowest BCUT2D eigenvalue weighted by atomic mass is 10.1. The van der Waals surface area contributed by atoms with Crippen LogP contribution in [0.4, 0.5) is 0 Å². The summed E-state index contributed by atoms with van der Waals surface area (Å²) in [4.78, 5) is 12.0. The van der Waals surface area contributed by atoms with Gasteiger partial charge in [0.25, 0.3) is 5.91 Å². The summed E-state index contributed by atoms with van der Waals surface area (Å²) in [5.41, 5.74) is 2.24. The third-order valence-corrected chi connectivity index (χ3v) is 3.43. The molecule has 2 rings (SSSR count). The topological polar surface area (TPSA) is 47.6 Å². The van der Waals surface area contributed by atoms with Crippen LogP contribution in [-0.4, -0.2) is 25.2 Å². The standard InChI is InChI=1S/C19H23NO3/c1-14-9-10-15(2)18(13-14)22-12-11-20-19(21)16(3)23-17-7-5-4-6-8-17/h4-10,13,16H,11-12H2,1-3H3,(H,20,21)/t16-/m0/s1. The first-order valence-corrected chi connectivity index (χ1v) is 7.76. The molecule has 0 saturated heterocycles. The molecule has 0 aliphatic heterocycles. The first kappa shape index (κ1) is 16.9. The van der Waals surface area contributed by atoms with Gasteiger partial charge in [0.05, 0.1) is 6.54 Å². The third kappa shape index (κ3) is 5.33. The summed E-state index contributed by atoms with van der Waals surface area (Å²) in [5, 5.41) is 2.82. The van der Waals surface area contributed by atoms with Gasteiger partial charge < -0.3 is 14.8 Å². The summed E-state index contributed by atoms with van der Waals surface area (Å²) >= 11 is 0. The van der Waals surface area contributed by atoms with Crippen molar-refractivity contribution in [2.24, 2.45) is 0 Å². The van der Waals surface area contributed by atoms with Crippen molar-refractivity contribution in [1.29, 1.82) is 0 Å². The van der Waals surface area contributed by atoms with E-state index in [1.807, 2.05) is 62.4 Å². The molecule has 0 radical (unpaired) electrons. The Kier molecular flexibility index (Phi) is 6.03. The van der Waals surface area contributed by atoms with Gasteiger partial charge in [-0.3, -0.25) is 4.79 Å². The van der Waals surface area contributed by atoms with Crippen LogP contribution in [0.1, 0.15) is 18.1 Å². The number of hydrogen-bond donors (Lipinski definition) is 1. The van der Waals surface area contributed by atoms with E-state index >= 15 is 0 Å². The van der Waals surface area contributed by atoms with E-state index in [1.165, 1.54) is 0 Å². The molecule has 1 amide bonds. The number of carbonyl (C=O) groups excluding carboxylic acids is 1. The molecule has 0 saturated carbocycles. The summed E-state index contributed by atoms with van der Waals surface area (Å²) in [7, 11) is 0. The van der Waals surface area contributed by atoms with Gasteiger partial charge in [-0.2, -0.15) is 0 Å². The zero-order valence-electron chi connectivity index (χ0n) is 13.8. The number of rotatable bonds is 7. The van der Waals surface area contributed by atoms with Crippen molar-refractivity contribution in [3.63, 3.8) is 0 Å². The SMILES string of the molecule is Cc1ccc(C)c(OCCNC(=O)[C@H](C)Oc2ccccc2)c1. The second kappa shape index (κ2) is 8.22. The van der Waals surface area contributed by atoms with Crippen molar-refractivity contribution < 1.29 is 14.3 Å². The van der Waals surface area contributed by atoms with Gasteiger partial charge in [-0.25, -0.2) is 0 Å². The molecule has 2 aromatic carbocycles. The normalized spacial score (nSPS) is 11.6. The molecule has 4 heteroatoms. The van der Waals surface area contributed by atoms with Crippen LogP contribution in [0.3, 0.4) is 0 Å². The van der Waals surface area contributed by atoms with Crippen molar-refractivity contribution >= 4 is 5.91 Å². The van der Waals surface area contributed by atoms with Gasteiger partial charge in [-0.05, 0) is 50.1 Å². The Morgan fingerprint density at radius 2 is 1.87 bits per heavy atom. The molecule has 0 bridgehead atoms. The third-order valence-electron chi connectivity index (χ3n) is 3.43. The van der Waals surface area contributed by atoms with Crippen molar-refractivity contribution in [2.75, 3.05) is 13.2 Å². The van der Waals surface area contributed by atoms with Gasteiger partial charge in [0.15, 0.2) is 6.10 Å². The van der Waals surface area contributed by atoms with E-state index in [2.05, 4.69) is 5.32 Å². The molecule has 122 valence electrons. The number of nitrogens with one attached hydrogen (secondary N) is 1. The van der Waals surface area contributed by atoms with Crippen LogP contribution in [0.5, 0.6) is 11.5 Å². The van der Waals surface area contributed by atoms with Crippen molar-refractivity contribution in [3.8, 4) is 11.5 Å². The van der Waals surface area contributed by atoms with Gasteiger partial charge in [-0.1, -0.05) is 30.3 Å². The molecule has 0 aromatic heterocycles. The molecule has 0 fully saturated rings. The lowest BCUT2D eigenvalue weighted by Gasteiger charge is -2.15. The highest BCUT2D eigenvalue weighted by molar-refractivity contribution is 5.80. The zero-order chi connectivity index (χ0) is 16.7. The van der Waals surface area contributed by atoms with Crippen LogP contribution in [0.2, 0.25) is 0 Å². The monoisotopic (exact) mass is 313 g/mol. The van der Waals surface area contributed by atoms with Crippen molar-refractivity contribution in [3.05, 3.63) is 59.7 Å². The minimum absolute atomic E-state index is 0.154. The molecule has 2 aromatic rings. The highest BCUT2D eigenvalue weighted by atomic mass is 16.5. The minimum atomic E-state index is -0.543. The molecule has 0 heterocycles. The van der Waals surface area contributed by atoms with Gasteiger partial charge in [0, 0.05) is 0 Å². The van der Waals surface area contributed by atoms with E-state index in [0.29, 0.717) is 18.9 Å². The van der Waals surface area contributed by atoms with E-state index in [9.17, 15) is 4.79 Å². The van der Waals surface area contributed by atoms with Crippen molar-refractivity contribution in [2.45, 2.75) is 26.9 Å². The number of benzene rings is 2. The number of aryl methyl sites for hydroxylation is 2. The van der Waals surface area contributed by atoms with E-state index in [1.54, 1.807) is 6.92 Å². The zero-order valence-corrected chi connectivity index (χ0v) is 13.8. The predicted octanol–water partition coefficient (Wildman–Crippen LogP) is 3.27. The summed E-state index contributed by atoms with van der Waals surface area (Å²) in [6.45, 7) is 6.62. The van der Waals surface area contributed by atoms with Gasteiger partial charge in [0.1, 0.15) is 18.1 Å². The average Bonchev–Trinajstić information content (AvgIpc) is 2.55. The Morgan fingerprint density at radius 1 is 1.13 bits per heavy atom. The maximum atomic E-state index is 12.0. The molecule has 4 nitrogen and oxygen atoms in total. The lowest BCUT2D eigenvalue weighted by Crippen LogP contribution is -2.38. The minimum Gasteiger partial charge on any atom is -0.491 e. The fourth-order valence-corrected chi connectivity index (χ4v) is 2.10. The first-order valence-electron chi connectivity index (χ1n) is 7.76. The lowest BCUT2D eigenvalue weighted by molar-refractivity contribution is -0.127. The van der Waals surface area contributed by atoms with Crippen LogP contribution < -0.4 is 14.8 Å². The smallest absolute Gasteiger partial charge is 0.260 e. The number of para-hydroxylation sites is 1. The van der Waals surface area contributed by atoms with Gasteiger partial charge in [0.2, 0.25) is 0 Å². The average molecular weight is 313 g/mol. The van der Waals surface area contributed by atoms with Crippen LogP contribution in [-0.2, 0) is 4.79 Å². The van der Waals surface area contributed by atoms with Crippen LogP contribution in [0.25, 0.3) is 0 Å². The molecule has 0 unspecified atom stereocenters. The molecular formula is C19H23NO3. The molecule has 23 heavy (non-hydrogen) atoms.